The second-order valence-corrected chi connectivity index (χ2v) is 10.0. The van der Waals surface area contributed by atoms with E-state index in [9.17, 15) is 18.0 Å². The number of carbonyl (C=O) groups is 1. The summed E-state index contributed by atoms with van der Waals surface area (Å²) in [5, 5.41) is 6.01. The lowest BCUT2D eigenvalue weighted by Crippen LogP contribution is -2.41. The number of halogens is 3. The van der Waals surface area contributed by atoms with Crippen LogP contribution in [0.25, 0.3) is 0 Å². The topological polar surface area (TPSA) is 53.6 Å². The van der Waals surface area contributed by atoms with Gasteiger partial charge >= 0.3 is 12.3 Å². The average Bonchev–Trinajstić information content (AvgIpc) is 2.81. The van der Waals surface area contributed by atoms with Crippen LogP contribution in [0.5, 0.6) is 0 Å². The number of carbonyl (C=O) groups excluding carboxylic acids is 1. The van der Waals surface area contributed by atoms with Crippen LogP contribution < -0.4 is 10.6 Å². The summed E-state index contributed by atoms with van der Waals surface area (Å²) in [4.78, 5) is 14.4. The zero-order valence-corrected chi connectivity index (χ0v) is 19.5. The zero-order chi connectivity index (χ0) is 23.1. The number of alkyl halides is 3. The fourth-order valence-corrected chi connectivity index (χ4v) is 4.32. The second-order valence-electron chi connectivity index (χ2n) is 10.0. The lowest BCUT2D eigenvalue weighted by atomic mass is 9.84. The summed E-state index contributed by atoms with van der Waals surface area (Å²) in [6.07, 6.45) is 1.77. The Hall–Kier alpha value is -1.44. The van der Waals surface area contributed by atoms with E-state index in [2.05, 4.69) is 15.5 Å². The molecule has 0 bridgehead atoms. The van der Waals surface area contributed by atoms with Gasteiger partial charge in [-0.05, 0) is 85.1 Å². The highest BCUT2D eigenvalue weighted by atomic mass is 19.4. The number of nitrogens with one attached hydrogen (secondary N) is 2. The highest BCUT2D eigenvalue weighted by Gasteiger charge is 2.27. The number of alkyl carbamates (subject to hydrolysis) is 1. The second kappa shape index (κ2) is 11.4. The fourth-order valence-electron chi connectivity index (χ4n) is 4.32. The minimum Gasteiger partial charge on any atom is -0.444 e. The summed E-state index contributed by atoms with van der Waals surface area (Å²) in [6.45, 7) is 10.5. The van der Waals surface area contributed by atoms with Crippen molar-refractivity contribution in [3.63, 3.8) is 0 Å². The number of nitrogens with zero attached hydrogens (tertiary/aromatic N) is 1. The number of hydrogen-bond donors (Lipinski definition) is 2. The van der Waals surface area contributed by atoms with E-state index in [-0.39, 0.29) is 18.7 Å². The molecule has 0 aromatic rings. The van der Waals surface area contributed by atoms with Crippen LogP contribution in [0.15, 0.2) is 11.3 Å². The van der Waals surface area contributed by atoms with Crippen molar-refractivity contribution in [3.8, 4) is 0 Å². The average molecular weight is 448 g/mol. The summed E-state index contributed by atoms with van der Waals surface area (Å²) in [7, 11) is 0. The van der Waals surface area contributed by atoms with Gasteiger partial charge in [0, 0.05) is 31.4 Å². The van der Waals surface area contributed by atoms with Crippen molar-refractivity contribution >= 4 is 6.09 Å². The van der Waals surface area contributed by atoms with Crippen LogP contribution in [0.4, 0.5) is 18.0 Å². The van der Waals surface area contributed by atoms with Gasteiger partial charge in [-0.25, -0.2) is 4.79 Å². The first-order chi connectivity index (χ1) is 14.4. The van der Waals surface area contributed by atoms with E-state index in [1.165, 1.54) is 5.57 Å². The Balaban J connectivity index is 1.65. The van der Waals surface area contributed by atoms with E-state index in [1.54, 1.807) is 0 Å². The van der Waals surface area contributed by atoms with E-state index in [0.29, 0.717) is 5.92 Å². The summed E-state index contributed by atoms with van der Waals surface area (Å²) in [5.41, 5.74) is 1.69. The van der Waals surface area contributed by atoms with Gasteiger partial charge in [0.1, 0.15) is 5.60 Å². The van der Waals surface area contributed by atoms with Gasteiger partial charge in [0.25, 0.3) is 0 Å². The molecule has 2 rings (SSSR count). The minimum atomic E-state index is -4.11. The normalized spacial score (nSPS) is 24.0. The van der Waals surface area contributed by atoms with Crippen LogP contribution in [0, 0.1) is 5.92 Å². The SMILES string of the molecule is CC1=C(NCCC(F)(F)F)CCN(CCC2CCC(NC(=O)OC(C)(C)C)CC2)CC1. The van der Waals surface area contributed by atoms with E-state index in [1.807, 2.05) is 27.7 Å². The molecule has 0 aromatic carbocycles. The van der Waals surface area contributed by atoms with Gasteiger partial charge in [-0.3, -0.25) is 0 Å². The molecule has 1 fully saturated rings. The predicted molar refractivity (Wildman–Crippen MR) is 117 cm³/mol. The standard InChI is InChI=1S/C23H40F3N3O2/c1-17-9-14-29(16-11-20(17)27-13-12-23(24,25)26)15-10-18-5-7-19(8-6-18)28-21(30)31-22(2,3)4/h18-19,27H,5-16H2,1-4H3,(H,28,30). The van der Waals surface area contributed by atoms with Crippen LogP contribution in [0.3, 0.4) is 0 Å². The van der Waals surface area contributed by atoms with Crippen LogP contribution in [0.1, 0.15) is 79.1 Å². The Morgan fingerprint density at radius 3 is 2.35 bits per heavy atom. The van der Waals surface area contributed by atoms with Gasteiger partial charge < -0.3 is 20.3 Å². The van der Waals surface area contributed by atoms with Crippen molar-refractivity contribution < 1.29 is 22.7 Å². The van der Waals surface area contributed by atoms with E-state index in [0.717, 1.165) is 70.3 Å². The van der Waals surface area contributed by atoms with Gasteiger partial charge in [-0.15, -0.1) is 0 Å². The molecule has 1 aliphatic heterocycles. The minimum absolute atomic E-state index is 0.0449. The number of amides is 1. The summed E-state index contributed by atoms with van der Waals surface area (Å²) >= 11 is 0. The lowest BCUT2D eigenvalue weighted by molar-refractivity contribution is -0.133. The molecule has 1 heterocycles. The third-order valence-electron chi connectivity index (χ3n) is 6.16. The molecule has 0 saturated heterocycles. The quantitative estimate of drug-likeness (QED) is 0.551. The maximum absolute atomic E-state index is 12.4. The van der Waals surface area contributed by atoms with Crippen LogP contribution >= 0.6 is 0 Å². The first kappa shape index (κ1) is 25.8. The number of rotatable bonds is 7. The van der Waals surface area contributed by atoms with Crippen molar-refractivity contribution in [2.45, 2.75) is 96.9 Å². The molecule has 2 aliphatic rings. The van der Waals surface area contributed by atoms with Crippen molar-refractivity contribution in [1.82, 2.24) is 15.5 Å². The molecule has 8 heteroatoms. The first-order valence-electron chi connectivity index (χ1n) is 11.6. The van der Waals surface area contributed by atoms with Crippen molar-refractivity contribution in [2.24, 2.45) is 5.92 Å². The van der Waals surface area contributed by atoms with E-state index in [4.69, 9.17) is 4.74 Å². The first-order valence-corrected chi connectivity index (χ1v) is 11.6. The molecule has 5 nitrogen and oxygen atoms in total. The Bertz CT molecular complexity index is 606. The summed E-state index contributed by atoms with van der Waals surface area (Å²) in [6, 6.07) is 0.196. The third kappa shape index (κ3) is 10.6. The molecule has 0 spiro atoms. The van der Waals surface area contributed by atoms with Gasteiger partial charge in [0.2, 0.25) is 0 Å². The van der Waals surface area contributed by atoms with E-state index >= 15 is 0 Å². The van der Waals surface area contributed by atoms with Crippen LogP contribution in [-0.4, -0.2) is 55.0 Å². The van der Waals surface area contributed by atoms with Crippen LogP contribution in [0.2, 0.25) is 0 Å². The summed E-state index contributed by atoms with van der Waals surface area (Å²) < 4.78 is 42.5. The Kier molecular flexibility index (Phi) is 9.52. The Labute approximate surface area is 185 Å². The lowest BCUT2D eigenvalue weighted by Gasteiger charge is -2.31. The molecular weight excluding hydrogens is 407 g/mol. The number of ether oxygens (including phenoxy) is 1. The molecule has 1 amide bonds. The molecule has 31 heavy (non-hydrogen) atoms. The van der Waals surface area contributed by atoms with Gasteiger partial charge in [0.05, 0.1) is 6.42 Å². The highest BCUT2D eigenvalue weighted by molar-refractivity contribution is 5.68. The smallest absolute Gasteiger partial charge is 0.407 e. The molecule has 0 radical (unpaired) electrons. The predicted octanol–water partition coefficient (Wildman–Crippen LogP) is 5.37. The monoisotopic (exact) mass is 447 g/mol. The van der Waals surface area contributed by atoms with Crippen LogP contribution in [-0.2, 0) is 4.74 Å². The van der Waals surface area contributed by atoms with Crippen molar-refractivity contribution in [1.29, 1.82) is 0 Å². The number of hydrogen-bond acceptors (Lipinski definition) is 4. The largest absolute Gasteiger partial charge is 0.444 e. The molecule has 180 valence electrons. The third-order valence-corrected chi connectivity index (χ3v) is 6.16. The molecule has 0 aromatic heterocycles. The molecule has 0 unspecified atom stereocenters. The van der Waals surface area contributed by atoms with Gasteiger partial charge in [-0.1, -0.05) is 5.57 Å². The Morgan fingerprint density at radius 2 is 1.74 bits per heavy atom. The maximum atomic E-state index is 12.4. The van der Waals surface area contributed by atoms with Crippen molar-refractivity contribution in [2.75, 3.05) is 26.2 Å². The fraction of sp³-hybridized carbons (Fsp3) is 0.870. The molecule has 2 N–H and O–H groups in total. The highest BCUT2D eigenvalue weighted by Crippen LogP contribution is 2.28. The van der Waals surface area contributed by atoms with Gasteiger partial charge in [0.15, 0.2) is 0 Å². The Morgan fingerprint density at radius 1 is 1.10 bits per heavy atom. The molecule has 1 saturated carbocycles. The van der Waals surface area contributed by atoms with Gasteiger partial charge in [-0.2, -0.15) is 13.2 Å². The molecule has 1 aliphatic carbocycles. The maximum Gasteiger partial charge on any atom is 0.407 e. The molecular formula is C23H40F3N3O2. The zero-order valence-electron chi connectivity index (χ0n) is 19.5. The van der Waals surface area contributed by atoms with Crippen molar-refractivity contribution in [3.05, 3.63) is 11.3 Å². The summed E-state index contributed by atoms with van der Waals surface area (Å²) in [5.74, 6) is 0.665. The van der Waals surface area contributed by atoms with E-state index < -0.39 is 18.2 Å². The molecule has 0 atom stereocenters.